The summed E-state index contributed by atoms with van der Waals surface area (Å²) in [5.74, 6) is 0.572. The molecule has 1 aromatic rings. The van der Waals surface area contributed by atoms with Crippen LogP contribution in [0.15, 0.2) is 23.4 Å². The smallest absolute Gasteiger partial charge is 0.118 e. The molecule has 0 radical (unpaired) electrons. The summed E-state index contributed by atoms with van der Waals surface area (Å²) in [6, 6.07) is 5.24. The van der Waals surface area contributed by atoms with E-state index in [0.717, 1.165) is 12.0 Å². The normalized spacial score (nSPS) is 10.9. The number of nitrogens with zero attached hydrogens (tertiary/aromatic N) is 1. The van der Waals surface area contributed by atoms with E-state index in [9.17, 15) is 0 Å². The molecule has 0 fully saturated rings. The summed E-state index contributed by atoms with van der Waals surface area (Å²) < 4.78 is 0. The maximum atomic E-state index is 5.82. The van der Waals surface area contributed by atoms with E-state index >= 15 is 0 Å². The van der Waals surface area contributed by atoms with Crippen molar-refractivity contribution in [2.75, 3.05) is 12.5 Å². The zero-order chi connectivity index (χ0) is 11.1. The molecule has 0 unspecified atom stereocenters. The highest BCUT2D eigenvalue weighted by Crippen LogP contribution is 2.21. The Morgan fingerprint density at radius 2 is 2.07 bits per heavy atom. The Hall–Kier alpha value is -0.440. The van der Waals surface area contributed by atoms with Crippen molar-refractivity contribution in [3.8, 4) is 0 Å². The minimum Gasteiger partial charge on any atom is -0.396 e. The van der Waals surface area contributed by atoms with Gasteiger partial charge in [0.25, 0.3) is 0 Å². The minimum absolute atomic E-state index is 0.501. The summed E-state index contributed by atoms with van der Waals surface area (Å²) >= 11 is 17.1. The van der Waals surface area contributed by atoms with Gasteiger partial charge in [-0.05, 0) is 24.1 Å². The zero-order valence-corrected chi connectivity index (χ0v) is 10.2. The van der Waals surface area contributed by atoms with Gasteiger partial charge in [0.2, 0.25) is 0 Å². The molecule has 15 heavy (non-hydrogen) atoms. The molecular formula is C10H10Cl3NO. The van der Waals surface area contributed by atoms with Crippen LogP contribution in [-0.4, -0.2) is 18.7 Å². The monoisotopic (exact) mass is 265 g/mol. The molecule has 0 atom stereocenters. The van der Waals surface area contributed by atoms with E-state index in [2.05, 4.69) is 5.16 Å². The predicted octanol–water partition coefficient (Wildman–Crippen LogP) is 3.97. The molecule has 0 aliphatic heterocycles. The number of benzene rings is 1. The average Bonchev–Trinajstić information content (AvgIpc) is 2.23. The van der Waals surface area contributed by atoms with E-state index in [-0.39, 0.29) is 0 Å². The van der Waals surface area contributed by atoms with Gasteiger partial charge in [0.1, 0.15) is 6.61 Å². The SMILES string of the molecule is ClCCCON=Cc1ccc(Cl)c(Cl)c1. The Morgan fingerprint density at radius 3 is 2.73 bits per heavy atom. The fourth-order valence-electron chi connectivity index (χ4n) is 0.863. The lowest BCUT2D eigenvalue weighted by atomic mass is 10.2. The van der Waals surface area contributed by atoms with E-state index < -0.39 is 0 Å². The highest BCUT2D eigenvalue weighted by molar-refractivity contribution is 6.42. The molecule has 1 aromatic carbocycles. The molecular weight excluding hydrogens is 256 g/mol. The van der Waals surface area contributed by atoms with Crippen LogP contribution >= 0.6 is 34.8 Å². The first kappa shape index (κ1) is 12.6. The van der Waals surface area contributed by atoms with Crippen LogP contribution in [0.5, 0.6) is 0 Å². The third-order valence-electron chi connectivity index (χ3n) is 1.59. The number of hydrogen-bond donors (Lipinski definition) is 0. The lowest BCUT2D eigenvalue weighted by Gasteiger charge is -1.98. The van der Waals surface area contributed by atoms with Crippen molar-refractivity contribution < 1.29 is 4.84 Å². The summed E-state index contributed by atoms with van der Waals surface area (Å²) in [6.07, 6.45) is 2.36. The molecule has 82 valence electrons. The second kappa shape index (κ2) is 6.94. The molecule has 0 saturated carbocycles. The van der Waals surface area contributed by atoms with Gasteiger partial charge < -0.3 is 4.84 Å². The summed E-state index contributed by atoms with van der Waals surface area (Å²) in [7, 11) is 0. The molecule has 0 spiro atoms. The summed E-state index contributed by atoms with van der Waals surface area (Å²) in [5, 5.41) is 4.79. The van der Waals surface area contributed by atoms with E-state index in [1.54, 1.807) is 18.3 Å². The van der Waals surface area contributed by atoms with Crippen LogP contribution in [0.1, 0.15) is 12.0 Å². The van der Waals surface area contributed by atoms with Gasteiger partial charge in [0.05, 0.1) is 16.3 Å². The second-order valence-electron chi connectivity index (χ2n) is 2.78. The Labute approximate surface area is 104 Å². The maximum absolute atomic E-state index is 5.82. The molecule has 1 rings (SSSR count). The Bertz CT molecular complexity index is 341. The third kappa shape index (κ3) is 4.74. The van der Waals surface area contributed by atoms with Crippen molar-refractivity contribution in [2.24, 2.45) is 5.16 Å². The van der Waals surface area contributed by atoms with Crippen molar-refractivity contribution in [1.82, 2.24) is 0 Å². The topological polar surface area (TPSA) is 21.6 Å². The van der Waals surface area contributed by atoms with Gasteiger partial charge >= 0.3 is 0 Å². The first-order chi connectivity index (χ1) is 7.24. The number of rotatable bonds is 5. The highest BCUT2D eigenvalue weighted by atomic mass is 35.5. The van der Waals surface area contributed by atoms with Crippen LogP contribution in [0.25, 0.3) is 0 Å². The van der Waals surface area contributed by atoms with Crippen molar-refractivity contribution in [3.05, 3.63) is 33.8 Å². The first-order valence-electron chi connectivity index (χ1n) is 4.40. The summed E-state index contributed by atoms with van der Waals surface area (Å²) in [6.45, 7) is 0.515. The molecule has 2 nitrogen and oxygen atoms in total. The number of alkyl halides is 1. The third-order valence-corrected chi connectivity index (χ3v) is 2.60. The molecule has 5 heteroatoms. The molecule has 0 saturated heterocycles. The molecule has 0 aliphatic carbocycles. The van der Waals surface area contributed by atoms with E-state index in [4.69, 9.17) is 39.6 Å². The van der Waals surface area contributed by atoms with Crippen LogP contribution in [0.3, 0.4) is 0 Å². The van der Waals surface area contributed by atoms with Gasteiger partial charge in [0, 0.05) is 5.88 Å². The van der Waals surface area contributed by atoms with Crippen molar-refractivity contribution in [1.29, 1.82) is 0 Å². The number of oxime groups is 1. The largest absolute Gasteiger partial charge is 0.396 e. The Kier molecular flexibility index (Phi) is 5.84. The van der Waals surface area contributed by atoms with Gasteiger partial charge in [-0.25, -0.2) is 0 Å². The molecule has 0 aliphatic rings. The van der Waals surface area contributed by atoms with Crippen LogP contribution in [-0.2, 0) is 4.84 Å². The number of halogens is 3. The molecule has 0 amide bonds. The minimum atomic E-state index is 0.501. The highest BCUT2D eigenvalue weighted by Gasteiger charge is 1.96. The Balaban J connectivity index is 2.46. The zero-order valence-electron chi connectivity index (χ0n) is 7.92. The summed E-state index contributed by atoms with van der Waals surface area (Å²) in [4.78, 5) is 4.96. The molecule has 0 bridgehead atoms. The van der Waals surface area contributed by atoms with Crippen molar-refractivity contribution >= 4 is 41.0 Å². The number of hydrogen-bond acceptors (Lipinski definition) is 2. The van der Waals surface area contributed by atoms with E-state index in [0.29, 0.717) is 22.5 Å². The first-order valence-corrected chi connectivity index (χ1v) is 5.69. The van der Waals surface area contributed by atoms with Gasteiger partial charge in [0.15, 0.2) is 0 Å². The van der Waals surface area contributed by atoms with Gasteiger partial charge in [-0.2, -0.15) is 0 Å². The maximum Gasteiger partial charge on any atom is 0.118 e. The fourth-order valence-corrected chi connectivity index (χ4v) is 1.28. The van der Waals surface area contributed by atoms with Crippen molar-refractivity contribution in [3.63, 3.8) is 0 Å². The van der Waals surface area contributed by atoms with E-state index in [1.807, 2.05) is 6.07 Å². The van der Waals surface area contributed by atoms with Gasteiger partial charge in [-0.1, -0.05) is 34.4 Å². The lowest BCUT2D eigenvalue weighted by molar-refractivity contribution is 0.147. The van der Waals surface area contributed by atoms with E-state index in [1.165, 1.54) is 0 Å². The van der Waals surface area contributed by atoms with Gasteiger partial charge in [-0.15, -0.1) is 11.6 Å². The standard InChI is InChI=1S/C10H10Cl3NO/c11-4-1-5-15-14-7-8-2-3-9(12)10(13)6-8/h2-3,6-7H,1,4-5H2. The average molecular weight is 267 g/mol. The van der Waals surface area contributed by atoms with Crippen LogP contribution in [0.2, 0.25) is 10.0 Å². The van der Waals surface area contributed by atoms with Gasteiger partial charge in [-0.3, -0.25) is 0 Å². The molecule has 0 heterocycles. The fraction of sp³-hybridized carbons (Fsp3) is 0.300. The Morgan fingerprint density at radius 1 is 1.27 bits per heavy atom. The predicted molar refractivity (Wildman–Crippen MR) is 65.3 cm³/mol. The van der Waals surface area contributed by atoms with Crippen LogP contribution in [0.4, 0.5) is 0 Å². The van der Waals surface area contributed by atoms with Crippen LogP contribution in [0, 0.1) is 0 Å². The quantitative estimate of drug-likeness (QED) is 0.342. The summed E-state index contributed by atoms with van der Waals surface area (Å²) in [5.41, 5.74) is 0.843. The lowest BCUT2D eigenvalue weighted by Crippen LogP contribution is -1.89. The van der Waals surface area contributed by atoms with Crippen molar-refractivity contribution in [2.45, 2.75) is 6.42 Å². The van der Waals surface area contributed by atoms with Crippen LogP contribution < -0.4 is 0 Å². The molecule has 0 aromatic heterocycles. The second-order valence-corrected chi connectivity index (χ2v) is 3.98. The molecule has 0 N–H and O–H groups in total.